The smallest absolute Gasteiger partial charge is 0.276 e. The Balaban J connectivity index is 1.51. The average molecular weight is 397 g/mol. The molecule has 0 atom stereocenters. The molecule has 0 bridgehead atoms. The van der Waals surface area contributed by atoms with Crippen LogP contribution in [0.25, 0.3) is 5.69 Å². The van der Waals surface area contributed by atoms with E-state index in [2.05, 4.69) is 15.7 Å². The topological polar surface area (TPSA) is 102 Å². The first-order valence-electron chi connectivity index (χ1n) is 9.29. The van der Waals surface area contributed by atoms with Crippen LogP contribution in [0.5, 0.6) is 0 Å². The van der Waals surface area contributed by atoms with Crippen LogP contribution in [0.1, 0.15) is 21.0 Å². The molecule has 148 valence electrons. The molecule has 0 saturated carbocycles. The Morgan fingerprint density at radius 2 is 1.33 bits per heavy atom. The molecule has 4 rings (SSSR count). The number of nitrogens with one attached hydrogen (secondary N) is 2. The SMILES string of the molecule is NC(=O)c1cc(C(=O)Nc2ccc(Nc3ccccc3)cc2)nn1-c1ccccc1. The maximum Gasteiger partial charge on any atom is 0.276 e. The molecule has 0 unspecified atom stereocenters. The van der Waals surface area contributed by atoms with Crippen LogP contribution in [0, 0.1) is 0 Å². The number of benzene rings is 3. The number of amides is 2. The van der Waals surface area contributed by atoms with Crippen molar-refractivity contribution in [1.82, 2.24) is 9.78 Å². The van der Waals surface area contributed by atoms with Gasteiger partial charge in [0.05, 0.1) is 5.69 Å². The van der Waals surface area contributed by atoms with E-state index in [4.69, 9.17) is 5.73 Å². The highest BCUT2D eigenvalue weighted by Gasteiger charge is 2.18. The molecule has 0 aliphatic heterocycles. The predicted octanol–water partition coefficient (Wildman–Crippen LogP) is 3.97. The van der Waals surface area contributed by atoms with Crippen LogP contribution >= 0.6 is 0 Å². The molecule has 0 fully saturated rings. The maximum absolute atomic E-state index is 12.7. The minimum Gasteiger partial charge on any atom is -0.364 e. The number of para-hydroxylation sites is 2. The van der Waals surface area contributed by atoms with Gasteiger partial charge in [-0.15, -0.1) is 0 Å². The first kappa shape index (κ1) is 18.9. The summed E-state index contributed by atoms with van der Waals surface area (Å²) in [6.45, 7) is 0. The van der Waals surface area contributed by atoms with Gasteiger partial charge in [-0.3, -0.25) is 9.59 Å². The molecule has 1 heterocycles. The van der Waals surface area contributed by atoms with Crippen LogP contribution in [-0.2, 0) is 0 Å². The zero-order chi connectivity index (χ0) is 20.9. The van der Waals surface area contributed by atoms with Crippen LogP contribution in [0.3, 0.4) is 0 Å². The normalized spacial score (nSPS) is 10.4. The van der Waals surface area contributed by atoms with Crippen LogP contribution in [0.2, 0.25) is 0 Å². The molecule has 3 aromatic carbocycles. The lowest BCUT2D eigenvalue weighted by Gasteiger charge is -2.08. The van der Waals surface area contributed by atoms with Crippen LogP contribution < -0.4 is 16.4 Å². The summed E-state index contributed by atoms with van der Waals surface area (Å²) >= 11 is 0. The molecule has 4 N–H and O–H groups in total. The van der Waals surface area contributed by atoms with Crippen molar-refractivity contribution >= 4 is 28.9 Å². The van der Waals surface area contributed by atoms with Crippen molar-refractivity contribution in [2.24, 2.45) is 5.73 Å². The molecule has 0 saturated heterocycles. The van der Waals surface area contributed by atoms with Gasteiger partial charge in [0, 0.05) is 23.1 Å². The van der Waals surface area contributed by atoms with Gasteiger partial charge < -0.3 is 16.4 Å². The van der Waals surface area contributed by atoms with Gasteiger partial charge in [0.1, 0.15) is 5.69 Å². The molecule has 0 aliphatic carbocycles. The zero-order valence-corrected chi connectivity index (χ0v) is 15.9. The molecule has 1 aromatic heterocycles. The Bertz CT molecular complexity index is 1170. The summed E-state index contributed by atoms with van der Waals surface area (Å²) < 4.78 is 1.37. The molecule has 0 aliphatic rings. The van der Waals surface area contributed by atoms with E-state index in [1.54, 1.807) is 24.3 Å². The highest BCUT2D eigenvalue weighted by atomic mass is 16.2. The van der Waals surface area contributed by atoms with Crippen molar-refractivity contribution in [2.75, 3.05) is 10.6 Å². The van der Waals surface area contributed by atoms with Crippen molar-refractivity contribution in [3.63, 3.8) is 0 Å². The molecule has 4 aromatic rings. The Labute approximate surface area is 173 Å². The number of anilines is 3. The maximum atomic E-state index is 12.7. The summed E-state index contributed by atoms with van der Waals surface area (Å²) in [5.74, 6) is -1.10. The number of hydrogen-bond acceptors (Lipinski definition) is 4. The Kier molecular flexibility index (Phi) is 5.25. The molecule has 2 amide bonds. The van der Waals surface area contributed by atoms with Gasteiger partial charge in [0.25, 0.3) is 11.8 Å². The second-order valence-electron chi connectivity index (χ2n) is 6.55. The van der Waals surface area contributed by atoms with Crippen LogP contribution in [-0.4, -0.2) is 21.6 Å². The molecule has 7 heteroatoms. The van der Waals surface area contributed by atoms with E-state index in [9.17, 15) is 9.59 Å². The van der Waals surface area contributed by atoms with Gasteiger partial charge in [0.2, 0.25) is 0 Å². The summed E-state index contributed by atoms with van der Waals surface area (Å²) in [4.78, 5) is 24.5. The van der Waals surface area contributed by atoms with E-state index >= 15 is 0 Å². The number of nitrogens with zero attached hydrogens (tertiary/aromatic N) is 2. The quantitative estimate of drug-likeness (QED) is 0.458. The number of carbonyl (C=O) groups is 2. The number of carbonyl (C=O) groups excluding carboxylic acids is 2. The van der Waals surface area contributed by atoms with E-state index in [1.807, 2.05) is 60.7 Å². The van der Waals surface area contributed by atoms with Crippen LogP contribution in [0.4, 0.5) is 17.1 Å². The summed E-state index contributed by atoms with van der Waals surface area (Å²) in [7, 11) is 0. The van der Waals surface area contributed by atoms with Crippen molar-refractivity contribution in [3.8, 4) is 5.69 Å². The highest BCUT2D eigenvalue weighted by molar-refractivity contribution is 6.04. The summed E-state index contributed by atoms with van der Waals surface area (Å²) in [5.41, 5.74) is 8.80. The van der Waals surface area contributed by atoms with Gasteiger partial charge in [0.15, 0.2) is 5.69 Å². The second kappa shape index (κ2) is 8.32. The number of hydrogen-bond donors (Lipinski definition) is 3. The molecular weight excluding hydrogens is 378 g/mol. The molecule has 30 heavy (non-hydrogen) atoms. The van der Waals surface area contributed by atoms with E-state index in [0.29, 0.717) is 11.4 Å². The highest BCUT2D eigenvalue weighted by Crippen LogP contribution is 2.19. The lowest BCUT2D eigenvalue weighted by atomic mass is 10.2. The summed E-state index contributed by atoms with van der Waals surface area (Å²) in [6, 6.07) is 27.5. The average Bonchev–Trinajstić information content (AvgIpc) is 3.23. The van der Waals surface area contributed by atoms with Gasteiger partial charge in [-0.05, 0) is 48.5 Å². The minimum atomic E-state index is -0.665. The monoisotopic (exact) mass is 397 g/mol. The molecule has 0 spiro atoms. The zero-order valence-electron chi connectivity index (χ0n) is 15.9. The van der Waals surface area contributed by atoms with Crippen molar-refractivity contribution in [1.29, 1.82) is 0 Å². The fraction of sp³-hybridized carbons (Fsp3) is 0. The third kappa shape index (κ3) is 4.20. The van der Waals surface area contributed by atoms with Crippen molar-refractivity contribution in [3.05, 3.63) is 102 Å². The second-order valence-corrected chi connectivity index (χ2v) is 6.55. The first-order valence-corrected chi connectivity index (χ1v) is 9.29. The molecule has 7 nitrogen and oxygen atoms in total. The minimum absolute atomic E-state index is 0.0964. The Morgan fingerprint density at radius 1 is 0.767 bits per heavy atom. The third-order valence-electron chi connectivity index (χ3n) is 4.40. The number of aromatic nitrogens is 2. The lowest BCUT2D eigenvalue weighted by molar-refractivity contribution is 0.0991. The first-order chi connectivity index (χ1) is 14.6. The fourth-order valence-corrected chi connectivity index (χ4v) is 2.95. The van der Waals surface area contributed by atoms with Gasteiger partial charge >= 0.3 is 0 Å². The van der Waals surface area contributed by atoms with E-state index < -0.39 is 11.8 Å². The third-order valence-corrected chi connectivity index (χ3v) is 4.40. The Morgan fingerprint density at radius 3 is 1.97 bits per heavy atom. The summed E-state index contributed by atoms with van der Waals surface area (Å²) in [5, 5.41) is 10.3. The van der Waals surface area contributed by atoms with E-state index in [-0.39, 0.29) is 11.4 Å². The largest absolute Gasteiger partial charge is 0.364 e. The fourth-order valence-electron chi connectivity index (χ4n) is 2.95. The summed E-state index contributed by atoms with van der Waals surface area (Å²) in [6.07, 6.45) is 0. The van der Waals surface area contributed by atoms with Crippen molar-refractivity contribution in [2.45, 2.75) is 0 Å². The van der Waals surface area contributed by atoms with Crippen molar-refractivity contribution < 1.29 is 9.59 Å². The number of primary amides is 1. The molecular formula is C23H19N5O2. The van der Waals surface area contributed by atoms with Gasteiger partial charge in [-0.1, -0.05) is 36.4 Å². The van der Waals surface area contributed by atoms with Crippen LogP contribution in [0.15, 0.2) is 91.0 Å². The molecule has 0 radical (unpaired) electrons. The van der Waals surface area contributed by atoms with E-state index in [0.717, 1.165) is 11.4 Å². The predicted molar refractivity (Wildman–Crippen MR) is 116 cm³/mol. The number of rotatable bonds is 6. The van der Waals surface area contributed by atoms with Gasteiger partial charge in [-0.2, -0.15) is 5.10 Å². The Hall–Kier alpha value is -4.39. The van der Waals surface area contributed by atoms with Gasteiger partial charge in [-0.25, -0.2) is 4.68 Å². The van der Waals surface area contributed by atoms with E-state index in [1.165, 1.54) is 10.7 Å². The standard InChI is InChI=1S/C23H19N5O2/c24-22(29)21-15-20(27-28(21)19-9-5-2-6-10-19)23(30)26-18-13-11-17(12-14-18)25-16-7-3-1-4-8-16/h1-15,25H,(H2,24,29)(H,26,30). The number of nitrogens with two attached hydrogens (primary N) is 1. The lowest BCUT2D eigenvalue weighted by Crippen LogP contribution is -2.16.